The third kappa shape index (κ3) is 4.84. The maximum atomic E-state index is 12.6. The maximum absolute atomic E-state index is 12.6. The number of amides is 1. The molecule has 0 radical (unpaired) electrons. The molecule has 0 fully saturated rings. The molecular formula is C20H20ClN3O2S. The Kier molecular flexibility index (Phi) is 6.08. The molecule has 1 atom stereocenters. The van der Waals surface area contributed by atoms with Gasteiger partial charge >= 0.3 is 0 Å². The van der Waals surface area contributed by atoms with E-state index in [0.29, 0.717) is 21.6 Å². The van der Waals surface area contributed by atoms with Crippen LogP contribution < -0.4 is 10.1 Å². The second-order valence-corrected chi connectivity index (χ2v) is 7.61. The van der Waals surface area contributed by atoms with Crippen molar-refractivity contribution in [1.82, 2.24) is 10.2 Å². The first-order valence-corrected chi connectivity index (χ1v) is 9.80. The molecular weight excluding hydrogens is 382 g/mol. The van der Waals surface area contributed by atoms with Crippen molar-refractivity contribution in [2.75, 3.05) is 5.32 Å². The van der Waals surface area contributed by atoms with E-state index in [0.717, 1.165) is 22.4 Å². The second-order valence-electron chi connectivity index (χ2n) is 6.19. The predicted molar refractivity (Wildman–Crippen MR) is 110 cm³/mol. The van der Waals surface area contributed by atoms with E-state index in [4.69, 9.17) is 16.3 Å². The Labute approximate surface area is 167 Å². The predicted octanol–water partition coefficient (Wildman–Crippen LogP) is 5.27. The molecule has 0 aliphatic heterocycles. The quantitative estimate of drug-likeness (QED) is 0.611. The standard InChI is InChI=1S/C20H20ClN3O2S/c1-4-16(26-17-11-12(2)5-6-13(17)3)18(25)22-20-24-23-19(27-20)14-7-9-15(21)10-8-14/h5-11,16H,4H2,1-3H3,(H,22,24,25). The zero-order valence-corrected chi connectivity index (χ0v) is 16.9. The average molecular weight is 402 g/mol. The van der Waals surface area contributed by atoms with Crippen molar-refractivity contribution in [1.29, 1.82) is 0 Å². The van der Waals surface area contributed by atoms with Crippen molar-refractivity contribution in [2.24, 2.45) is 0 Å². The lowest BCUT2D eigenvalue weighted by Gasteiger charge is -2.18. The average Bonchev–Trinajstić information content (AvgIpc) is 3.11. The third-order valence-corrected chi connectivity index (χ3v) is 5.16. The number of aryl methyl sites for hydroxylation is 2. The number of ether oxygens (including phenoxy) is 1. The number of hydrogen-bond acceptors (Lipinski definition) is 5. The summed E-state index contributed by atoms with van der Waals surface area (Å²) in [5.74, 6) is 0.480. The van der Waals surface area contributed by atoms with E-state index in [1.165, 1.54) is 11.3 Å². The van der Waals surface area contributed by atoms with Crippen molar-refractivity contribution in [3.8, 4) is 16.3 Å². The Morgan fingerprint density at radius 1 is 1.19 bits per heavy atom. The van der Waals surface area contributed by atoms with E-state index in [2.05, 4.69) is 15.5 Å². The Morgan fingerprint density at radius 3 is 2.63 bits per heavy atom. The Morgan fingerprint density at radius 2 is 1.93 bits per heavy atom. The van der Waals surface area contributed by atoms with Gasteiger partial charge in [0.05, 0.1) is 0 Å². The molecule has 3 aromatic rings. The van der Waals surface area contributed by atoms with Crippen LogP contribution in [0.5, 0.6) is 5.75 Å². The molecule has 1 heterocycles. The van der Waals surface area contributed by atoms with Gasteiger partial charge in [-0.2, -0.15) is 0 Å². The largest absolute Gasteiger partial charge is 0.480 e. The highest BCUT2D eigenvalue weighted by Gasteiger charge is 2.21. The fourth-order valence-corrected chi connectivity index (χ4v) is 3.36. The van der Waals surface area contributed by atoms with Gasteiger partial charge in [-0.25, -0.2) is 0 Å². The van der Waals surface area contributed by atoms with Crippen LogP contribution in [-0.4, -0.2) is 22.2 Å². The Hall–Kier alpha value is -2.44. The fraction of sp³-hybridized carbons (Fsp3) is 0.250. The van der Waals surface area contributed by atoms with Gasteiger partial charge in [0.1, 0.15) is 10.8 Å². The minimum absolute atomic E-state index is 0.239. The van der Waals surface area contributed by atoms with Gasteiger partial charge in [0.25, 0.3) is 5.91 Å². The van der Waals surface area contributed by atoms with Crippen molar-refractivity contribution >= 4 is 34.0 Å². The summed E-state index contributed by atoms with van der Waals surface area (Å²) in [4.78, 5) is 12.6. The molecule has 7 heteroatoms. The molecule has 0 saturated heterocycles. The molecule has 0 aliphatic carbocycles. The van der Waals surface area contributed by atoms with Gasteiger partial charge in [0.2, 0.25) is 5.13 Å². The van der Waals surface area contributed by atoms with Crippen LogP contribution in [0.2, 0.25) is 5.02 Å². The number of halogens is 1. The van der Waals surface area contributed by atoms with Gasteiger partial charge in [-0.15, -0.1) is 10.2 Å². The van der Waals surface area contributed by atoms with Crippen molar-refractivity contribution in [3.05, 3.63) is 58.6 Å². The SMILES string of the molecule is CCC(Oc1cc(C)ccc1C)C(=O)Nc1nnc(-c2ccc(Cl)cc2)s1. The third-order valence-electron chi connectivity index (χ3n) is 4.02. The molecule has 0 bridgehead atoms. The van der Waals surface area contributed by atoms with Crippen LogP contribution in [0.15, 0.2) is 42.5 Å². The zero-order chi connectivity index (χ0) is 19.4. The number of anilines is 1. The molecule has 140 valence electrons. The van der Waals surface area contributed by atoms with E-state index in [-0.39, 0.29) is 5.91 Å². The summed E-state index contributed by atoms with van der Waals surface area (Å²) in [5, 5.41) is 12.8. The Bertz CT molecular complexity index is 941. The molecule has 27 heavy (non-hydrogen) atoms. The molecule has 0 aliphatic rings. The zero-order valence-electron chi connectivity index (χ0n) is 15.3. The minimum Gasteiger partial charge on any atom is -0.480 e. The van der Waals surface area contributed by atoms with Gasteiger partial charge < -0.3 is 4.74 Å². The fourth-order valence-electron chi connectivity index (χ4n) is 2.48. The summed E-state index contributed by atoms with van der Waals surface area (Å²) in [6.45, 7) is 5.87. The van der Waals surface area contributed by atoms with E-state index >= 15 is 0 Å². The van der Waals surface area contributed by atoms with Gasteiger partial charge in [-0.05, 0) is 49.6 Å². The smallest absolute Gasteiger partial charge is 0.267 e. The monoisotopic (exact) mass is 401 g/mol. The number of hydrogen-bond donors (Lipinski definition) is 1. The second kappa shape index (κ2) is 8.50. The van der Waals surface area contributed by atoms with Gasteiger partial charge in [0, 0.05) is 10.6 Å². The summed E-state index contributed by atoms with van der Waals surface area (Å²) in [6.07, 6.45) is -0.0596. The molecule has 1 unspecified atom stereocenters. The van der Waals surface area contributed by atoms with E-state index < -0.39 is 6.10 Å². The number of nitrogens with zero attached hydrogens (tertiary/aromatic N) is 2. The molecule has 1 aromatic heterocycles. The van der Waals surface area contributed by atoms with E-state index in [1.54, 1.807) is 12.1 Å². The molecule has 1 amide bonds. The summed E-state index contributed by atoms with van der Waals surface area (Å²) >= 11 is 7.21. The van der Waals surface area contributed by atoms with Crippen LogP contribution in [0.25, 0.3) is 10.6 Å². The first-order chi connectivity index (χ1) is 13.0. The lowest BCUT2D eigenvalue weighted by molar-refractivity contribution is -0.122. The van der Waals surface area contributed by atoms with Crippen molar-refractivity contribution < 1.29 is 9.53 Å². The minimum atomic E-state index is -0.603. The molecule has 3 rings (SSSR count). The number of carbonyl (C=O) groups is 1. The number of carbonyl (C=O) groups excluding carboxylic acids is 1. The van der Waals surface area contributed by atoms with Crippen LogP contribution >= 0.6 is 22.9 Å². The highest BCUT2D eigenvalue weighted by Crippen LogP contribution is 2.28. The summed E-state index contributed by atoms with van der Waals surface area (Å²) < 4.78 is 5.94. The summed E-state index contributed by atoms with van der Waals surface area (Å²) in [6, 6.07) is 13.3. The first-order valence-electron chi connectivity index (χ1n) is 8.60. The van der Waals surface area contributed by atoms with Crippen LogP contribution in [0.4, 0.5) is 5.13 Å². The highest BCUT2D eigenvalue weighted by molar-refractivity contribution is 7.18. The Balaban J connectivity index is 1.70. The normalized spacial score (nSPS) is 11.9. The maximum Gasteiger partial charge on any atom is 0.267 e. The van der Waals surface area contributed by atoms with E-state index in [9.17, 15) is 4.79 Å². The van der Waals surface area contributed by atoms with Crippen LogP contribution in [-0.2, 0) is 4.79 Å². The molecule has 0 saturated carbocycles. The number of aromatic nitrogens is 2. The summed E-state index contributed by atoms with van der Waals surface area (Å²) in [5.41, 5.74) is 2.98. The van der Waals surface area contributed by atoms with Gasteiger partial charge in [-0.1, -0.05) is 54.1 Å². The molecule has 5 nitrogen and oxygen atoms in total. The lowest BCUT2D eigenvalue weighted by Crippen LogP contribution is -2.32. The van der Waals surface area contributed by atoms with Crippen molar-refractivity contribution in [3.63, 3.8) is 0 Å². The highest BCUT2D eigenvalue weighted by atomic mass is 35.5. The van der Waals surface area contributed by atoms with Crippen LogP contribution in [0, 0.1) is 13.8 Å². The molecule has 1 N–H and O–H groups in total. The van der Waals surface area contributed by atoms with E-state index in [1.807, 2.05) is 51.1 Å². The molecule has 2 aromatic carbocycles. The first kappa shape index (κ1) is 19.3. The number of nitrogens with one attached hydrogen (secondary N) is 1. The van der Waals surface area contributed by atoms with Gasteiger partial charge in [-0.3, -0.25) is 10.1 Å². The van der Waals surface area contributed by atoms with Crippen LogP contribution in [0.1, 0.15) is 24.5 Å². The summed E-state index contributed by atoms with van der Waals surface area (Å²) in [7, 11) is 0. The van der Waals surface area contributed by atoms with Gasteiger partial charge in [0.15, 0.2) is 6.10 Å². The number of benzene rings is 2. The van der Waals surface area contributed by atoms with Crippen molar-refractivity contribution in [2.45, 2.75) is 33.3 Å². The lowest BCUT2D eigenvalue weighted by atomic mass is 10.1. The number of rotatable bonds is 6. The van der Waals surface area contributed by atoms with Crippen LogP contribution in [0.3, 0.4) is 0 Å². The topological polar surface area (TPSA) is 64.1 Å². The molecule has 0 spiro atoms.